The van der Waals surface area contributed by atoms with Crippen LogP contribution < -0.4 is 5.32 Å². The van der Waals surface area contributed by atoms with Crippen molar-refractivity contribution < 1.29 is 22.7 Å². The van der Waals surface area contributed by atoms with E-state index in [0.29, 0.717) is 0 Å². The second-order valence-electron chi connectivity index (χ2n) is 3.56. The standard InChI is InChI=1S/C10H7BrF3NO2/c11-6-3-1-2-5(7(6)12)8-10(13,14)4-17-9(16)15-8/h1-3,8H,4H2,(H,15,16)/t8-/m1/s1. The van der Waals surface area contributed by atoms with Gasteiger partial charge in [-0.1, -0.05) is 12.1 Å². The number of cyclic esters (lactones) is 1. The van der Waals surface area contributed by atoms with Gasteiger partial charge in [-0.3, -0.25) is 0 Å². The second-order valence-corrected chi connectivity index (χ2v) is 4.41. The van der Waals surface area contributed by atoms with Crippen molar-refractivity contribution in [3.63, 3.8) is 0 Å². The van der Waals surface area contributed by atoms with Crippen molar-refractivity contribution in [2.24, 2.45) is 0 Å². The molecule has 0 spiro atoms. The summed E-state index contributed by atoms with van der Waals surface area (Å²) < 4.78 is 45.0. The first kappa shape index (κ1) is 12.2. The van der Waals surface area contributed by atoms with Crippen LogP contribution in [-0.2, 0) is 4.74 Å². The van der Waals surface area contributed by atoms with Crippen LogP contribution in [0, 0.1) is 5.82 Å². The fourth-order valence-corrected chi connectivity index (χ4v) is 1.94. The highest BCUT2D eigenvalue weighted by atomic mass is 79.9. The molecule has 1 aliphatic heterocycles. The minimum absolute atomic E-state index is 0.0616. The maximum absolute atomic E-state index is 13.7. The Morgan fingerprint density at radius 2 is 2.18 bits per heavy atom. The molecule has 0 radical (unpaired) electrons. The van der Waals surface area contributed by atoms with E-state index < -0.39 is 30.5 Å². The molecule has 7 heteroatoms. The van der Waals surface area contributed by atoms with E-state index in [1.165, 1.54) is 18.2 Å². The molecule has 0 saturated carbocycles. The third-order valence-corrected chi connectivity index (χ3v) is 2.99. The van der Waals surface area contributed by atoms with E-state index in [9.17, 15) is 18.0 Å². The first-order valence-corrected chi connectivity index (χ1v) is 5.46. The van der Waals surface area contributed by atoms with E-state index in [1.54, 1.807) is 0 Å². The van der Waals surface area contributed by atoms with Gasteiger partial charge in [0, 0.05) is 5.56 Å². The number of halogens is 4. The van der Waals surface area contributed by atoms with E-state index in [0.717, 1.165) is 0 Å². The average Bonchev–Trinajstić information content (AvgIpc) is 2.26. The molecule has 0 unspecified atom stereocenters. The van der Waals surface area contributed by atoms with Gasteiger partial charge in [-0.2, -0.15) is 0 Å². The summed E-state index contributed by atoms with van der Waals surface area (Å²) in [5.74, 6) is -4.17. The molecule has 0 aromatic heterocycles. The molecule has 1 aliphatic rings. The van der Waals surface area contributed by atoms with Crippen molar-refractivity contribution >= 4 is 22.0 Å². The largest absolute Gasteiger partial charge is 0.443 e. The molecule has 92 valence electrons. The fraction of sp³-hybridized carbons (Fsp3) is 0.300. The number of carbonyl (C=O) groups excluding carboxylic acids is 1. The number of rotatable bonds is 1. The Morgan fingerprint density at radius 3 is 2.88 bits per heavy atom. The van der Waals surface area contributed by atoms with Gasteiger partial charge in [0.05, 0.1) is 4.47 Å². The zero-order valence-corrected chi connectivity index (χ0v) is 9.93. The lowest BCUT2D eigenvalue weighted by atomic mass is 9.99. The molecule has 17 heavy (non-hydrogen) atoms. The number of ether oxygens (including phenoxy) is 1. The predicted octanol–water partition coefficient (Wildman–Crippen LogP) is 3.00. The lowest BCUT2D eigenvalue weighted by Crippen LogP contribution is -2.49. The van der Waals surface area contributed by atoms with Crippen molar-refractivity contribution in [3.8, 4) is 0 Å². The Morgan fingerprint density at radius 1 is 1.47 bits per heavy atom. The summed E-state index contributed by atoms with van der Waals surface area (Å²) in [5, 5.41) is 1.92. The molecule has 1 amide bonds. The molecular formula is C10H7BrF3NO2. The van der Waals surface area contributed by atoms with Crippen LogP contribution in [0.1, 0.15) is 11.6 Å². The Kier molecular flexibility index (Phi) is 3.03. The number of benzene rings is 1. The van der Waals surface area contributed by atoms with Gasteiger partial charge in [0.1, 0.15) is 11.9 Å². The Labute approximate surface area is 103 Å². The summed E-state index contributed by atoms with van der Waals surface area (Å²) in [6.07, 6.45) is -0.986. The molecule has 3 nitrogen and oxygen atoms in total. The first-order chi connectivity index (χ1) is 7.92. The van der Waals surface area contributed by atoms with Gasteiger partial charge in [0.15, 0.2) is 6.61 Å². The highest BCUT2D eigenvalue weighted by Gasteiger charge is 2.47. The SMILES string of the molecule is O=C1N[C@H](c2cccc(Br)c2F)C(F)(F)CO1. The quantitative estimate of drug-likeness (QED) is 0.866. The molecule has 1 heterocycles. The lowest BCUT2D eigenvalue weighted by Gasteiger charge is -2.32. The monoisotopic (exact) mass is 309 g/mol. The zero-order chi connectivity index (χ0) is 12.6. The molecule has 1 saturated heterocycles. The third kappa shape index (κ3) is 2.24. The van der Waals surface area contributed by atoms with Crippen LogP contribution >= 0.6 is 15.9 Å². The van der Waals surface area contributed by atoms with Crippen molar-refractivity contribution in [1.29, 1.82) is 0 Å². The Bertz CT molecular complexity index is 467. The van der Waals surface area contributed by atoms with Crippen LogP contribution in [0.5, 0.6) is 0 Å². The van der Waals surface area contributed by atoms with Crippen LogP contribution in [0.3, 0.4) is 0 Å². The zero-order valence-electron chi connectivity index (χ0n) is 8.34. The van der Waals surface area contributed by atoms with Gasteiger partial charge < -0.3 is 10.1 Å². The van der Waals surface area contributed by atoms with Gasteiger partial charge in [-0.15, -0.1) is 0 Å². The maximum Gasteiger partial charge on any atom is 0.408 e. The van der Waals surface area contributed by atoms with E-state index in [-0.39, 0.29) is 10.0 Å². The fourth-order valence-electron chi connectivity index (χ4n) is 1.56. The molecule has 2 rings (SSSR count). The summed E-state index contributed by atoms with van der Waals surface area (Å²) in [5.41, 5.74) is -0.277. The van der Waals surface area contributed by atoms with Crippen LogP contribution in [0.2, 0.25) is 0 Å². The van der Waals surface area contributed by atoms with Crippen LogP contribution in [0.25, 0.3) is 0 Å². The highest BCUT2D eigenvalue weighted by molar-refractivity contribution is 9.10. The minimum atomic E-state index is -3.35. The van der Waals surface area contributed by atoms with Crippen molar-refractivity contribution in [3.05, 3.63) is 34.1 Å². The predicted molar refractivity (Wildman–Crippen MR) is 56.3 cm³/mol. The van der Waals surface area contributed by atoms with E-state index in [2.05, 4.69) is 20.7 Å². The van der Waals surface area contributed by atoms with Crippen LogP contribution in [-0.4, -0.2) is 18.6 Å². The summed E-state index contributed by atoms with van der Waals surface area (Å²) >= 11 is 2.90. The summed E-state index contributed by atoms with van der Waals surface area (Å²) in [6, 6.07) is 2.28. The lowest BCUT2D eigenvalue weighted by molar-refractivity contribution is -0.105. The number of amides is 1. The minimum Gasteiger partial charge on any atom is -0.443 e. The third-order valence-electron chi connectivity index (χ3n) is 2.37. The average molecular weight is 310 g/mol. The van der Waals surface area contributed by atoms with Gasteiger partial charge in [-0.25, -0.2) is 18.0 Å². The summed E-state index contributed by atoms with van der Waals surface area (Å²) in [7, 11) is 0. The van der Waals surface area contributed by atoms with Crippen molar-refractivity contribution in [2.45, 2.75) is 12.0 Å². The highest BCUT2D eigenvalue weighted by Crippen LogP contribution is 2.36. The normalized spacial score (nSPS) is 22.8. The number of carbonyl (C=O) groups is 1. The number of hydrogen-bond donors (Lipinski definition) is 1. The molecule has 1 atom stereocenters. The first-order valence-electron chi connectivity index (χ1n) is 4.67. The summed E-state index contributed by atoms with van der Waals surface area (Å²) in [6.45, 7) is -1.06. The van der Waals surface area contributed by atoms with Crippen molar-refractivity contribution in [1.82, 2.24) is 5.32 Å². The summed E-state index contributed by atoms with van der Waals surface area (Å²) in [4.78, 5) is 10.9. The molecule has 1 aromatic rings. The van der Waals surface area contributed by atoms with Gasteiger partial charge in [0.25, 0.3) is 0 Å². The van der Waals surface area contributed by atoms with Gasteiger partial charge >= 0.3 is 12.0 Å². The Hall–Kier alpha value is -1.24. The topological polar surface area (TPSA) is 38.3 Å². The Balaban J connectivity index is 2.43. The molecular weight excluding hydrogens is 303 g/mol. The van der Waals surface area contributed by atoms with Crippen molar-refractivity contribution in [2.75, 3.05) is 6.61 Å². The van der Waals surface area contributed by atoms with Crippen LogP contribution in [0.15, 0.2) is 22.7 Å². The molecule has 0 bridgehead atoms. The maximum atomic E-state index is 13.7. The molecule has 1 aromatic carbocycles. The number of nitrogens with one attached hydrogen (secondary N) is 1. The number of alkyl carbamates (subject to hydrolysis) is 1. The molecule has 1 N–H and O–H groups in total. The van der Waals surface area contributed by atoms with Gasteiger partial charge in [-0.05, 0) is 22.0 Å². The smallest absolute Gasteiger partial charge is 0.408 e. The van der Waals surface area contributed by atoms with Gasteiger partial charge in [0.2, 0.25) is 0 Å². The molecule has 0 aliphatic carbocycles. The van der Waals surface area contributed by atoms with E-state index in [1.807, 2.05) is 5.32 Å². The number of alkyl halides is 2. The van der Waals surface area contributed by atoms with Crippen LogP contribution in [0.4, 0.5) is 18.0 Å². The second kappa shape index (κ2) is 4.21. The molecule has 1 fully saturated rings. The number of hydrogen-bond acceptors (Lipinski definition) is 2. The van der Waals surface area contributed by atoms with E-state index in [4.69, 9.17) is 0 Å². The van der Waals surface area contributed by atoms with E-state index >= 15 is 0 Å².